The monoisotopic (exact) mass is 254 g/mol. The number of fused-ring (bicyclic) bond motifs is 1. The SMILES string of the molecule is CCn1c(SC)nc2c1c(=O)n(C)c(=O)n2C. The summed E-state index contributed by atoms with van der Waals surface area (Å²) < 4.78 is 4.35. The number of hydrogen-bond donors (Lipinski definition) is 0. The Morgan fingerprint density at radius 2 is 1.88 bits per heavy atom. The standard InChI is InChI=1S/C10H14N4O2S/c1-5-14-6-7(11-9(14)17-4)12(2)10(16)13(3)8(6)15/h5H2,1-4H3. The first-order valence-electron chi connectivity index (χ1n) is 5.23. The van der Waals surface area contributed by atoms with E-state index in [-0.39, 0.29) is 11.2 Å². The first-order valence-corrected chi connectivity index (χ1v) is 6.45. The summed E-state index contributed by atoms with van der Waals surface area (Å²) in [5.74, 6) is 0. The van der Waals surface area contributed by atoms with Crippen LogP contribution in [0.5, 0.6) is 0 Å². The van der Waals surface area contributed by atoms with Crippen LogP contribution in [0.3, 0.4) is 0 Å². The molecule has 17 heavy (non-hydrogen) atoms. The van der Waals surface area contributed by atoms with Gasteiger partial charge in [0.1, 0.15) is 0 Å². The molecule has 0 unspecified atom stereocenters. The summed E-state index contributed by atoms with van der Waals surface area (Å²) in [6.07, 6.45) is 1.90. The Bertz CT molecular complexity index is 695. The minimum atomic E-state index is -0.351. The molecule has 7 heteroatoms. The van der Waals surface area contributed by atoms with Crippen molar-refractivity contribution in [1.29, 1.82) is 0 Å². The number of hydrogen-bond acceptors (Lipinski definition) is 4. The molecule has 2 rings (SSSR count). The molecule has 0 amide bonds. The Hall–Kier alpha value is -1.50. The van der Waals surface area contributed by atoms with Gasteiger partial charge < -0.3 is 4.57 Å². The molecule has 0 spiro atoms. The van der Waals surface area contributed by atoms with Crippen molar-refractivity contribution >= 4 is 22.9 Å². The molecule has 2 heterocycles. The zero-order valence-corrected chi connectivity index (χ0v) is 11.0. The fraction of sp³-hybridized carbons (Fsp3) is 0.500. The summed E-state index contributed by atoms with van der Waals surface area (Å²) >= 11 is 1.46. The van der Waals surface area contributed by atoms with Gasteiger partial charge in [0.2, 0.25) is 0 Å². The molecule has 6 nitrogen and oxygen atoms in total. The predicted octanol–water partition coefficient (Wildman–Crippen LogP) is 0.175. The molecule has 92 valence electrons. The highest BCUT2D eigenvalue weighted by molar-refractivity contribution is 7.98. The summed E-state index contributed by atoms with van der Waals surface area (Å²) in [4.78, 5) is 28.2. The largest absolute Gasteiger partial charge is 0.332 e. The third-order valence-corrected chi connectivity index (χ3v) is 3.49. The zero-order valence-electron chi connectivity index (χ0n) is 10.2. The van der Waals surface area contributed by atoms with Gasteiger partial charge in [-0.2, -0.15) is 0 Å². The normalized spacial score (nSPS) is 11.3. The van der Waals surface area contributed by atoms with Crippen molar-refractivity contribution in [3.8, 4) is 0 Å². The smallest absolute Gasteiger partial charge is 0.313 e. The maximum Gasteiger partial charge on any atom is 0.332 e. The van der Waals surface area contributed by atoms with E-state index in [1.165, 1.54) is 23.4 Å². The van der Waals surface area contributed by atoms with Crippen LogP contribution < -0.4 is 11.2 Å². The number of nitrogens with zero attached hydrogens (tertiary/aromatic N) is 4. The van der Waals surface area contributed by atoms with Crippen molar-refractivity contribution in [3.05, 3.63) is 20.8 Å². The van der Waals surface area contributed by atoms with Gasteiger partial charge in [0, 0.05) is 20.6 Å². The second-order valence-corrected chi connectivity index (χ2v) is 4.49. The van der Waals surface area contributed by atoms with Crippen molar-refractivity contribution in [2.24, 2.45) is 14.1 Å². The number of aryl methyl sites for hydroxylation is 2. The third-order valence-electron chi connectivity index (χ3n) is 2.81. The maximum atomic E-state index is 12.1. The number of rotatable bonds is 2. The second-order valence-electron chi connectivity index (χ2n) is 3.72. The Kier molecular flexibility index (Phi) is 2.86. The Morgan fingerprint density at radius 1 is 1.24 bits per heavy atom. The molecule has 0 radical (unpaired) electrons. The van der Waals surface area contributed by atoms with E-state index in [0.717, 1.165) is 9.72 Å². The average molecular weight is 254 g/mol. The quantitative estimate of drug-likeness (QED) is 0.717. The summed E-state index contributed by atoms with van der Waals surface area (Å²) in [5.41, 5.74) is 0.291. The van der Waals surface area contributed by atoms with Crippen molar-refractivity contribution in [3.63, 3.8) is 0 Å². The van der Waals surface area contributed by atoms with E-state index in [2.05, 4.69) is 4.98 Å². The summed E-state index contributed by atoms with van der Waals surface area (Å²) in [7, 11) is 3.11. The van der Waals surface area contributed by atoms with Crippen LogP contribution in [0.25, 0.3) is 11.2 Å². The molecule has 0 aromatic carbocycles. The van der Waals surface area contributed by atoms with Crippen LogP contribution in [0.2, 0.25) is 0 Å². The highest BCUT2D eigenvalue weighted by atomic mass is 32.2. The van der Waals surface area contributed by atoms with Gasteiger partial charge in [-0.05, 0) is 13.2 Å². The molecular weight excluding hydrogens is 240 g/mol. The second kappa shape index (κ2) is 4.06. The van der Waals surface area contributed by atoms with Crippen LogP contribution >= 0.6 is 11.8 Å². The predicted molar refractivity (Wildman–Crippen MR) is 67.7 cm³/mol. The van der Waals surface area contributed by atoms with E-state index < -0.39 is 0 Å². The molecule has 0 aliphatic heterocycles. The van der Waals surface area contributed by atoms with E-state index in [1.807, 2.05) is 17.7 Å². The molecular formula is C10H14N4O2S. The lowest BCUT2D eigenvalue weighted by Gasteiger charge is -2.05. The lowest BCUT2D eigenvalue weighted by Crippen LogP contribution is -2.37. The molecule has 0 saturated heterocycles. The Balaban J connectivity index is 3.10. The fourth-order valence-electron chi connectivity index (χ4n) is 1.88. The van der Waals surface area contributed by atoms with Crippen LogP contribution in [-0.4, -0.2) is 24.9 Å². The zero-order chi connectivity index (χ0) is 12.7. The van der Waals surface area contributed by atoms with Crippen molar-refractivity contribution in [1.82, 2.24) is 18.7 Å². The first kappa shape index (κ1) is 12.0. The molecule has 2 aromatic heterocycles. The van der Waals surface area contributed by atoms with Crippen LogP contribution in [0.1, 0.15) is 6.92 Å². The highest BCUT2D eigenvalue weighted by Crippen LogP contribution is 2.18. The molecule has 2 aromatic rings. The highest BCUT2D eigenvalue weighted by Gasteiger charge is 2.17. The van der Waals surface area contributed by atoms with E-state index in [1.54, 1.807) is 7.05 Å². The number of aromatic nitrogens is 4. The van der Waals surface area contributed by atoms with Gasteiger partial charge in [-0.1, -0.05) is 11.8 Å². The number of imidazole rings is 1. The van der Waals surface area contributed by atoms with Crippen LogP contribution in [-0.2, 0) is 20.6 Å². The van der Waals surface area contributed by atoms with Gasteiger partial charge in [-0.15, -0.1) is 0 Å². The lowest BCUT2D eigenvalue weighted by molar-refractivity contribution is 0.684. The van der Waals surface area contributed by atoms with Crippen LogP contribution in [0.15, 0.2) is 14.7 Å². The van der Waals surface area contributed by atoms with Gasteiger partial charge in [0.15, 0.2) is 16.3 Å². The Labute approximate surface area is 102 Å². The first-order chi connectivity index (χ1) is 8.02. The topological polar surface area (TPSA) is 61.8 Å². The van der Waals surface area contributed by atoms with Crippen LogP contribution in [0, 0.1) is 0 Å². The van der Waals surface area contributed by atoms with Crippen LogP contribution in [0.4, 0.5) is 0 Å². The van der Waals surface area contributed by atoms with E-state index in [0.29, 0.717) is 17.7 Å². The van der Waals surface area contributed by atoms with Crippen molar-refractivity contribution in [2.75, 3.05) is 6.26 Å². The maximum absolute atomic E-state index is 12.1. The Morgan fingerprint density at radius 3 is 2.41 bits per heavy atom. The van der Waals surface area contributed by atoms with Gasteiger partial charge in [-0.25, -0.2) is 9.78 Å². The van der Waals surface area contributed by atoms with Gasteiger partial charge >= 0.3 is 5.69 Å². The lowest BCUT2D eigenvalue weighted by atomic mass is 10.5. The number of thioether (sulfide) groups is 1. The van der Waals surface area contributed by atoms with E-state index in [4.69, 9.17) is 0 Å². The van der Waals surface area contributed by atoms with Gasteiger partial charge in [0.25, 0.3) is 5.56 Å². The van der Waals surface area contributed by atoms with Crippen molar-refractivity contribution in [2.45, 2.75) is 18.6 Å². The molecule has 0 N–H and O–H groups in total. The molecule has 0 aliphatic rings. The minimum absolute atomic E-state index is 0.294. The van der Waals surface area contributed by atoms with Crippen molar-refractivity contribution < 1.29 is 0 Å². The summed E-state index contributed by atoms with van der Waals surface area (Å²) in [6, 6.07) is 0. The average Bonchev–Trinajstić information content (AvgIpc) is 2.72. The summed E-state index contributed by atoms with van der Waals surface area (Å²) in [6.45, 7) is 2.60. The third kappa shape index (κ3) is 1.53. The van der Waals surface area contributed by atoms with E-state index >= 15 is 0 Å². The molecule has 0 atom stereocenters. The molecule has 0 aliphatic carbocycles. The van der Waals surface area contributed by atoms with Gasteiger partial charge in [0.05, 0.1) is 0 Å². The molecule has 0 saturated carbocycles. The fourth-order valence-corrected chi connectivity index (χ4v) is 2.49. The molecule has 0 bridgehead atoms. The minimum Gasteiger partial charge on any atom is -0.313 e. The van der Waals surface area contributed by atoms with E-state index in [9.17, 15) is 9.59 Å². The van der Waals surface area contributed by atoms with Gasteiger partial charge in [-0.3, -0.25) is 13.9 Å². The molecule has 0 fully saturated rings. The summed E-state index contributed by atoms with van der Waals surface area (Å²) in [5, 5.41) is 0.751.